The number of amides is 1. The highest BCUT2D eigenvalue weighted by atomic mass is 19.1. The van der Waals surface area contributed by atoms with E-state index in [1.54, 1.807) is 23.1 Å². The zero-order valence-electron chi connectivity index (χ0n) is 10.8. The number of rotatable bonds is 3. The van der Waals surface area contributed by atoms with E-state index in [1.165, 1.54) is 6.07 Å². The van der Waals surface area contributed by atoms with Gasteiger partial charge in [0.05, 0.1) is 6.04 Å². The molecule has 2 rings (SSSR count). The minimum atomic E-state index is -0.339. The number of halogens is 1. The molecule has 18 heavy (non-hydrogen) atoms. The van der Waals surface area contributed by atoms with E-state index in [-0.39, 0.29) is 29.8 Å². The third-order valence-corrected chi connectivity index (χ3v) is 3.69. The summed E-state index contributed by atoms with van der Waals surface area (Å²) in [6, 6.07) is 5.97. The van der Waals surface area contributed by atoms with Crippen molar-refractivity contribution >= 4 is 5.91 Å². The van der Waals surface area contributed by atoms with Gasteiger partial charge in [0.2, 0.25) is 5.91 Å². The lowest BCUT2D eigenvalue weighted by molar-refractivity contribution is -0.131. The minimum absolute atomic E-state index is 0.0186. The lowest BCUT2D eigenvalue weighted by Gasteiger charge is -2.32. The van der Waals surface area contributed by atoms with Gasteiger partial charge >= 0.3 is 0 Å². The molecule has 0 spiro atoms. The molecule has 1 heterocycles. The van der Waals surface area contributed by atoms with Crippen molar-refractivity contribution in [1.29, 1.82) is 0 Å². The summed E-state index contributed by atoms with van der Waals surface area (Å²) in [6.45, 7) is 3.99. The summed E-state index contributed by atoms with van der Waals surface area (Å²) >= 11 is 0. The van der Waals surface area contributed by atoms with Crippen LogP contribution < -0.4 is 5.73 Å². The number of benzene rings is 1. The fraction of sp³-hybridized carbons (Fsp3) is 0.500. The quantitative estimate of drug-likeness (QED) is 0.894. The number of hydrogen-bond donors (Lipinski definition) is 1. The minimum Gasteiger partial charge on any atom is -0.331 e. The van der Waals surface area contributed by atoms with Crippen LogP contribution in [0.5, 0.6) is 0 Å². The van der Waals surface area contributed by atoms with Crippen LogP contribution in [0, 0.1) is 5.82 Å². The monoisotopic (exact) mass is 250 g/mol. The van der Waals surface area contributed by atoms with Crippen molar-refractivity contribution in [3.63, 3.8) is 0 Å². The third kappa shape index (κ3) is 2.12. The van der Waals surface area contributed by atoms with Gasteiger partial charge in [-0.3, -0.25) is 4.79 Å². The molecule has 3 unspecified atom stereocenters. The first kappa shape index (κ1) is 13.0. The summed E-state index contributed by atoms with van der Waals surface area (Å²) in [7, 11) is 0. The highest BCUT2D eigenvalue weighted by Crippen LogP contribution is 2.35. The van der Waals surface area contributed by atoms with Gasteiger partial charge in [-0.05, 0) is 19.4 Å². The van der Waals surface area contributed by atoms with Gasteiger partial charge in [-0.15, -0.1) is 0 Å². The van der Waals surface area contributed by atoms with Crippen molar-refractivity contribution in [2.75, 3.05) is 0 Å². The third-order valence-electron chi connectivity index (χ3n) is 3.69. The zero-order chi connectivity index (χ0) is 13.3. The zero-order valence-corrected chi connectivity index (χ0v) is 10.8. The van der Waals surface area contributed by atoms with Gasteiger partial charge in [0.1, 0.15) is 5.82 Å². The average Bonchev–Trinajstić information content (AvgIpc) is 2.64. The Labute approximate surface area is 107 Å². The van der Waals surface area contributed by atoms with Crippen LogP contribution in [0.15, 0.2) is 24.3 Å². The van der Waals surface area contributed by atoms with Gasteiger partial charge in [-0.1, -0.05) is 25.1 Å². The van der Waals surface area contributed by atoms with Crippen molar-refractivity contribution in [1.82, 2.24) is 4.90 Å². The molecule has 1 saturated heterocycles. The van der Waals surface area contributed by atoms with Gasteiger partial charge in [-0.25, -0.2) is 4.39 Å². The van der Waals surface area contributed by atoms with E-state index in [0.717, 1.165) is 6.42 Å². The van der Waals surface area contributed by atoms with Crippen LogP contribution in [0.3, 0.4) is 0 Å². The molecule has 3 atom stereocenters. The molecule has 2 N–H and O–H groups in total. The van der Waals surface area contributed by atoms with Crippen molar-refractivity contribution in [3.05, 3.63) is 35.6 Å². The predicted molar refractivity (Wildman–Crippen MR) is 68.3 cm³/mol. The van der Waals surface area contributed by atoms with Crippen LogP contribution in [0.2, 0.25) is 0 Å². The highest BCUT2D eigenvalue weighted by Gasteiger charge is 2.41. The molecule has 0 aromatic heterocycles. The van der Waals surface area contributed by atoms with Gasteiger partial charge in [-0.2, -0.15) is 0 Å². The molecule has 0 bridgehead atoms. The van der Waals surface area contributed by atoms with Crippen LogP contribution >= 0.6 is 0 Å². The van der Waals surface area contributed by atoms with Crippen LogP contribution in [0.4, 0.5) is 4.39 Å². The fourth-order valence-electron chi connectivity index (χ4n) is 2.59. The number of nitrogens with zero attached hydrogens (tertiary/aromatic N) is 1. The topological polar surface area (TPSA) is 46.3 Å². The summed E-state index contributed by atoms with van der Waals surface area (Å²) in [4.78, 5) is 13.7. The SMILES string of the molecule is CCC(C)N1C(=O)CC(N)C1c1ccccc1F. The second-order valence-electron chi connectivity index (χ2n) is 4.89. The Morgan fingerprint density at radius 1 is 1.50 bits per heavy atom. The molecule has 1 aromatic carbocycles. The van der Waals surface area contributed by atoms with Crippen LogP contribution in [0.25, 0.3) is 0 Å². The fourth-order valence-corrected chi connectivity index (χ4v) is 2.59. The van der Waals surface area contributed by atoms with Crippen molar-refractivity contribution < 1.29 is 9.18 Å². The maximum atomic E-state index is 13.9. The predicted octanol–water partition coefficient (Wildman–Crippen LogP) is 2.22. The molecule has 1 aliphatic rings. The Bertz CT molecular complexity index is 449. The molecule has 0 saturated carbocycles. The largest absolute Gasteiger partial charge is 0.331 e. The first-order chi connectivity index (χ1) is 8.56. The summed E-state index contributed by atoms with van der Waals surface area (Å²) in [5, 5.41) is 0. The maximum Gasteiger partial charge on any atom is 0.225 e. The van der Waals surface area contributed by atoms with E-state index in [4.69, 9.17) is 5.73 Å². The van der Waals surface area contributed by atoms with Gasteiger partial charge in [0.15, 0.2) is 0 Å². The molecule has 1 aliphatic heterocycles. The smallest absolute Gasteiger partial charge is 0.225 e. The van der Waals surface area contributed by atoms with Crippen molar-refractivity contribution in [3.8, 4) is 0 Å². The Hall–Kier alpha value is -1.42. The number of carbonyl (C=O) groups is 1. The molecule has 98 valence electrons. The van der Waals surface area contributed by atoms with Crippen molar-refractivity contribution in [2.24, 2.45) is 5.73 Å². The molecule has 0 aliphatic carbocycles. The van der Waals surface area contributed by atoms with E-state index in [9.17, 15) is 9.18 Å². The molecular formula is C14H19FN2O. The second kappa shape index (κ2) is 5.06. The maximum absolute atomic E-state index is 13.9. The average molecular weight is 250 g/mol. The standard InChI is InChI=1S/C14H19FN2O/c1-3-9(2)17-13(18)8-12(16)14(17)10-6-4-5-7-11(10)15/h4-7,9,12,14H,3,8,16H2,1-2H3. The number of hydrogen-bond acceptors (Lipinski definition) is 2. The molecular weight excluding hydrogens is 231 g/mol. The first-order valence-electron chi connectivity index (χ1n) is 6.37. The molecule has 1 fully saturated rings. The summed E-state index contributed by atoms with van der Waals surface area (Å²) in [5.74, 6) is -0.272. The van der Waals surface area contributed by atoms with E-state index in [1.807, 2.05) is 13.8 Å². The molecule has 1 aromatic rings. The summed E-state index contributed by atoms with van der Waals surface area (Å²) < 4.78 is 13.9. The van der Waals surface area contributed by atoms with Crippen LogP contribution in [-0.4, -0.2) is 22.9 Å². The number of carbonyl (C=O) groups excluding carboxylic acids is 1. The number of nitrogens with two attached hydrogens (primary N) is 1. The Morgan fingerprint density at radius 3 is 2.78 bits per heavy atom. The lowest BCUT2D eigenvalue weighted by Crippen LogP contribution is -2.39. The Kier molecular flexibility index (Phi) is 3.66. The summed E-state index contributed by atoms with van der Waals surface area (Å²) in [5.41, 5.74) is 6.55. The van der Waals surface area contributed by atoms with Gasteiger partial charge in [0, 0.05) is 24.1 Å². The Balaban J connectivity index is 2.40. The number of likely N-dealkylation sites (tertiary alicyclic amines) is 1. The first-order valence-corrected chi connectivity index (χ1v) is 6.37. The Morgan fingerprint density at radius 2 is 2.17 bits per heavy atom. The van der Waals surface area contributed by atoms with E-state index in [0.29, 0.717) is 12.0 Å². The van der Waals surface area contributed by atoms with Crippen LogP contribution in [-0.2, 0) is 4.79 Å². The van der Waals surface area contributed by atoms with Gasteiger partial charge in [0.25, 0.3) is 0 Å². The van der Waals surface area contributed by atoms with Crippen molar-refractivity contribution in [2.45, 2.75) is 44.8 Å². The second-order valence-corrected chi connectivity index (χ2v) is 4.89. The highest BCUT2D eigenvalue weighted by molar-refractivity contribution is 5.80. The lowest BCUT2D eigenvalue weighted by atomic mass is 9.99. The molecule has 3 nitrogen and oxygen atoms in total. The van der Waals surface area contributed by atoms with E-state index in [2.05, 4.69) is 0 Å². The normalized spacial score (nSPS) is 25.6. The summed E-state index contributed by atoms with van der Waals surface area (Å²) in [6.07, 6.45) is 1.13. The molecule has 0 radical (unpaired) electrons. The van der Waals surface area contributed by atoms with Gasteiger partial charge < -0.3 is 10.6 Å². The molecule has 1 amide bonds. The van der Waals surface area contributed by atoms with Crippen LogP contribution in [0.1, 0.15) is 38.3 Å². The van der Waals surface area contributed by atoms with E-state index < -0.39 is 0 Å². The molecule has 4 heteroatoms. The van der Waals surface area contributed by atoms with E-state index >= 15 is 0 Å².